The molecule has 1 N–H and O–H groups in total. The van der Waals surface area contributed by atoms with Crippen LogP contribution in [0.1, 0.15) is 27.2 Å². The Balaban J connectivity index is 2.08. The third kappa shape index (κ3) is 3.55. The fourth-order valence-corrected chi connectivity index (χ4v) is 3.28. The summed E-state index contributed by atoms with van der Waals surface area (Å²) in [6.45, 7) is 9.97. The van der Waals surface area contributed by atoms with Gasteiger partial charge in [0.25, 0.3) is 0 Å². The van der Waals surface area contributed by atoms with Crippen LogP contribution in [-0.4, -0.2) is 35.1 Å². The second-order valence-electron chi connectivity index (χ2n) is 5.31. The van der Waals surface area contributed by atoms with Crippen molar-refractivity contribution in [3.05, 3.63) is 18.5 Å². The first-order chi connectivity index (χ1) is 8.61. The molecule has 0 aliphatic carbocycles. The molecule has 0 aromatic carbocycles. The third-order valence-electron chi connectivity index (χ3n) is 3.31. The van der Waals surface area contributed by atoms with Crippen molar-refractivity contribution in [1.82, 2.24) is 4.98 Å². The van der Waals surface area contributed by atoms with Gasteiger partial charge >= 0.3 is 0 Å². The molecular formula is C14H23N3S. The number of rotatable bonds is 3. The van der Waals surface area contributed by atoms with E-state index in [1.807, 2.05) is 12.4 Å². The van der Waals surface area contributed by atoms with E-state index in [0.29, 0.717) is 4.75 Å². The van der Waals surface area contributed by atoms with Crippen LogP contribution in [0.2, 0.25) is 0 Å². The van der Waals surface area contributed by atoms with Crippen LogP contribution in [0.5, 0.6) is 0 Å². The minimum absolute atomic E-state index is 0.404. The van der Waals surface area contributed by atoms with Crippen molar-refractivity contribution < 1.29 is 0 Å². The SMILES string of the molecule is CCNc1cncc(N2CCSC(C)(C)CC2)c1. The van der Waals surface area contributed by atoms with Crippen LogP contribution in [0, 0.1) is 0 Å². The molecule has 1 aliphatic rings. The molecule has 1 aromatic rings. The highest BCUT2D eigenvalue weighted by Crippen LogP contribution is 2.32. The predicted molar refractivity (Wildman–Crippen MR) is 81.8 cm³/mol. The number of hydrogen-bond donors (Lipinski definition) is 1. The average Bonchev–Trinajstić information content (AvgIpc) is 2.51. The molecule has 0 bridgehead atoms. The van der Waals surface area contributed by atoms with Crippen LogP contribution >= 0.6 is 11.8 Å². The van der Waals surface area contributed by atoms with Crippen molar-refractivity contribution in [2.45, 2.75) is 31.9 Å². The van der Waals surface area contributed by atoms with Gasteiger partial charge in [-0.05, 0) is 19.4 Å². The Bertz CT molecular complexity index is 392. The van der Waals surface area contributed by atoms with Crippen molar-refractivity contribution in [2.75, 3.05) is 35.6 Å². The minimum atomic E-state index is 0.404. The largest absolute Gasteiger partial charge is 0.384 e. The Morgan fingerprint density at radius 1 is 1.39 bits per heavy atom. The van der Waals surface area contributed by atoms with Crippen LogP contribution in [0.4, 0.5) is 11.4 Å². The molecule has 0 amide bonds. The number of pyridine rings is 1. The van der Waals surface area contributed by atoms with Crippen LogP contribution in [0.25, 0.3) is 0 Å². The fourth-order valence-electron chi connectivity index (χ4n) is 2.18. The summed E-state index contributed by atoms with van der Waals surface area (Å²) in [6, 6.07) is 2.21. The Morgan fingerprint density at radius 2 is 2.22 bits per heavy atom. The van der Waals surface area contributed by atoms with Gasteiger partial charge in [-0.1, -0.05) is 13.8 Å². The molecule has 3 nitrogen and oxygen atoms in total. The number of nitrogens with zero attached hydrogens (tertiary/aromatic N) is 2. The van der Waals surface area contributed by atoms with Crippen LogP contribution in [-0.2, 0) is 0 Å². The van der Waals surface area contributed by atoms with Gasteiger partial charge in [0.1, 0.15) is 0 Å². The summed E-state index contributed by atoms with van der Waals surface area (Å²) in [7, 11) is 0. The predicted octanol–water partition coefficient (Wildman–Crippen LogP) is 3.24. The Kier molecular flexibility index (Phi) is 4.38. The van der Waals surface area contributed by atoms with Gasteiger partial charge in [-0.2, -0.15) is 11.8 Å². The van der Waals surface area contributed by atoms with E-state index in [-0.39, 0.29) is 0 Å². The van der Waals surface area contributed by atoms with Gasteiger partial charge < -0.3 is 10.2 Å². The number of hydrogen-bond acceptors (Lipinski definition) is 4. The first kappa shape index (κ1) is 13.5. The fraction of sp³-hybridized carbons (Fsp3) is 0.643. The monoisotopic (exact) mass is 265 g/mol. The van der Waals surface area contributed by atoms with Gasteiger partial charge in [0.15, 0.2) is 0 Å². The van der Waals surface area contributed by atoms with Gasteiger partial charge in [0, 0.05) is 30.1 Å². The second-order valence-corrected chi connectivity index (χ2v) is 7.11. The lowest BCUT2D eigenvalue weighted by Crippen LogP contribution is -2.27. The number of aromatic nitrogens is 1. The van der Waals surface area contributed by atoms with Gasteiger partial charge in [0.05, 0.1) is 23.8 Å². The van der Waals surface area contributed by atoms with Crippen molar-refractivity contribution in [3.63, 3.8) is 0 Å². The van der Waals surface area contributed by atoms with E-state index in [9.17, 15) is 0 Å². The molecule has 2 heterocycles. The summed E-state index contributed by atoms with van der Waals surface area (Å²) < 4.78 is 0.404. The molecule has 100 valence electrons. The highest BCUT2D eigenvalue weighted by atomic mass is 32.2. The highest BCUT2D eigenvalue weighted by molar-refractivity contribution is 8.00. The summed E-state index contributed by atoms with van der Waals surface area (Å²) in [6.07, 6.45) is 5.09. The van der Waals surface area contributed by atoms with E-state index >= 15 is 0 Å². The summed E-state index contributed by atoms with van der Waals surface area (Å²) in [5.74, 6) is 1.19. The lowest BCUT2D eigenvalue weighted by Gasteiger charge is -2.24. The zero-order chi connectivity index (χ0) is 13.0. The molecule has 4 heteroatoms. The summed E-state index contributed by atoms with van der Waals surface area (Å²) in [5.41, 5.74) is 2.36. The normalized spacial score (nSPS) is 19.4. The third-order valence-corrected chi connectivity index (χ3v) is 4.68. The molecule has 18 heavy (non-hydrogen) atoms. The standard InChI is InChI=1S/C14H23N3S/c1-4-16-12-9-13(11-15-10-12)17-6-5-14(2,3)18-8-7-17/h9-11,16H,4-8H2,1-3H3. The van der Waals surface area contributed by atoms with E-state index in [2.05, 4.69) is 53.8 Å². The quantitative estimate of drug-likeness (QED) is 0.908. The molecule has 1 fully saturated rings. The maximum Gasteiger partial charge on any atom is 0.0573 e. The molecule has 0 spiro atoms. The lowest BCUT2D eigenvalue weighted by atomic mass is 10.1. The Morgan fingerprint density at radius 3 is 3.00 bits per heavy atom. The first-order valence-corrected chi connectivity index (χ1v) is 7.67. The smallest absolute Gasteiger partial charge is 0.0573 e. The summed E-state index contributed by atoms with van der Waals surface area (Å²) in [5, 5.41) is 3.32. The molecule has 1 saturated heterocycles. The van der Waals surface area contributed by atoms with E-state index in [1.54, 1.807) is 0 Å². The minimum Gasteiger partial charge on any atom is -0.384 e. The van der Waals surface area contributed by atoms with Crippen LogP contribution in [0.3, 0.4) is 0 Å². The molecule has 0 atom stereocenters. The molecule has 2 rings (SSSR count). The summed E-state index contributed by atoms with van der Waals surface area (Å²) in [4.78, 5) is 6.79. The molecule has 0 radical (unpaired) electrons. The Labute approximate surface area is 114 Å². The maximum atomic E-state index is 4.33. The van der Waals surface area contributed by atoms with E-state index in [1.165, 1.54) is 17.9 Å². The zero-order valence-electron chi connectivity index (χ0n) is 11.6. The van der Waals surface area contributed by atoms with E-state index < -0.39 is 0 Å². The zero-order valence-corrected chi connectivity index (χ0v) is 12.4. The Hall–Kier alpha value is -0.900. The maximum absolute atomic E-state index is 4.33. The van der Waals surface area contributed by atoms with Crippen molar-refractivity contribution in [3.8, 4) is 0 Å². The van der Waals surface area contributed by atoms with Crippen molar-refractivity contribution >= 4 is 23.1 Å². The second kappa shape index (κ2) is 5.83. The average molecular weight is 265 g/mol. The van der Waals surface area contributed by atoms with Gasteiger partial charge in [0.2, 0.25) is 0 Å². The molecule has 1 aliphatic heterocycles. The van der Waals surface area contributed by atoms with E-state index in [0.717, 1.165) is 25.3 Å². The first-order valence-electron chi connectivity index (χ1n) is 6.68. The van der Waals surface area contributed by atoms with Crippen molar-refractivity contribution in [1.29, 1.82) is 0 Å². The topological polar surface area (TPSA) is 28.2 Å². The van der Waals surface area contributed by atoms with Gasteiger partial charge in [-0.3, -0.25) is 4.98 Å². The van der Waals surface area contributed by atoms with Crippen molar-refractivity contribution in [2.24, 2.45) is 0 Å². The summed E-state index contributed by atoms with van der Waals surface area (Å²) >= 11 is 2.08. The molecule has 0 saturated carbocycles. The molecule has 0 unspecified atom stereocenters. The van der Waals surface area contributed by atoms with E-state index in [4.69, 9.17) is 0 Å². The van der Waals surface area contributed by atoms with Gasteiger partial charge in [-0.15, -0.1) is 0 Å². The van der Waals surface area contributed by atoms with Gasteiger partial charge in [-0.25, -0.2) is 0 Å². The molecular weight excluding hydrogens is 242 g/mol. The van der Waals surface area contributed by atoms with Crippen LogP contribution in [0.15, 0.2) is 18.5 Å². The number of thioether (sulfide) groups is 1. The molecule has 1 aromatic heterocycles. The number of anilines is 2. The highest BCUT2D eigenvalue weighted by Gasteiger charge is 2.23. The number of nitrogens with one attached hydrogen (secondary N) is 1. The lowest BCUT2D eigenvalue weighted by molar-refractivity contribution is 0.637. The van der Waals surface area contributed by atoms with Crippen LogP contribution < -0.4 is 10.2 Å².